The first-order valence-electron chi connectivity index (χ1n) is 5.86. The van der Waals surface area contributed by atoms with Crippen molar-refractivity contribution in [1.29, 1.82) is 0 Å². The Balaban J connectivity index is 1.99. The molecule has 0 saturated heterocycles. The second kappa shape index (κ2) is 6.38. The van der Waals surface area contributed by atoms with Crippen molar-refractivity contribution in [3.05, 3.63) is 58.6 Å². The summed E-state index contributed by atoms with van der Waals surface area (Å²) in [5.74, 6) is 0.723. The summed E-state index contributed by atoms with van der Waals surface area (Å²) in [4.78, 5) is 11.9. The van der Waals surface area contributed by atoms with Gasteiger partial charge in [0.2, 0.25) is 5.91 Å². The van der Waals surface area contributed by atoms with E-state index >= 15 is 0 Å². The Morgan fingerprint density at radius 1 is 1.16 bits per heavy atom. The molecule has 0 radical (unpaired) electrons. The topological polar surface area (TPSA) is 38.3 Å². The lowest BCUT2D eigenvalue weighted by atomic mass is 10.1. The Morgan fingerprint density at radius 3 is 2.47 bits per heavy atom. The van der Waals surface area contributed by atoms with Crippen LogP contribution in [-0.2, 0) is 11.2 Å². The zero-order chi connectivity index (χ0) is 13.7. The van der Waals surface area contributed by atoms with Crippen LogP contribution in [0.5, 0.6) is 5.75 Å². The van der Waals surface area contributed by atoms with Gasteiger partial charge in [-0.2, -0.15) is 0 Å². The Bertz CT molecular complexity index is 567. The van der Waals surface area contributed by atoms with E-state index in [-0.39, 0.29) is 5.91 Å². The maximum Gasteiger partial charge on any atom is 0.228 e. The largest absolute Gasteiger partial charge is 0.497 e. The molecule has 4 heteroatoms. The summed E-state index contributed by atoms with van der Waals surface area (Å²) in [6.07, 6.45) is 0.341. The summed E-state index contributed by atoms with van der Waals surface area (Å²) in [5.41, 5.74) is 1.73. The van der Waals surface area contributed by atoms with Crippen LogP contribution in [0.1, 0.15) is 5.56 Å². The van der Waals surface area contributed by atoms with E-state index in [0.717, 1.165) is 21.5 Å². The number of nitrogens with one attached hydrogen (secondary N) is 1. The highest BCUT2D eigenvalue weighted by molar-refractivity contribution is 9.10. The fourth-order valence-corrected chi connectivity index (χ4v) is 2.12. The van der Waals surface area contributed by atoms with Crippen LogP contribution in [0.25, 0.3) is 0 Å². The van der Waals surface area contributed by atoms with Crippen molar-refractivity contribution < 1.29 is 9.53 Å². The van der Waals surface area contributed by atoms with Gasteiger partial charge in [0.15, 0.2) is 0 Å². The Kier molecular flexibility index (Phi) is 4.58. The van der Waals surface area contributed by atoms with Gasteiger partial charge in [0.25, 0.3) is 0 Å². The van der Waals surface area contributed by atoms with E-state index in [0.29, 0.717) is 6.42 Å². The van der Waals surface area contributed by atoms with E-state index in [9.17, 15) is 4.79 Å². The molecule has 19 heavy (non-hydrogen) atoms. The van der Waals surface area contributed by atoms with Gasteiger partial charge in [0.05, 0.1) is 13.5 Å². The van der Waals surface area contributed by atoms with E-state index in [1.165, 1.54) is 0 Å². The number of anilines is 1. The summed E-state index contributed by atoms with van der Waals surface area (Å²) < 4.78 is 6.01. The van der Waals surface area contributed by atoms with Crippen molar-refractivity contribution in [1.82, 2.24) is 0 Å². The van der Waals surface area contributed by atoms with Crippen molar-refractivity contribution in [2.45, 2.75) is 6.42 Å². The zero-order valence-corrected chi connectivity index (χ0v) is 12.1. The highest BCUT2D eigenvalue weighted by atomic mass is 79.9. The van der Waals surface area contributed by atoms with Gasteiger partial charge >= 0.3 is 0 Å². The predicted molar refractivity (Wildman–Crippen MR) is 79.5 cm³/mol. The maximum absolute atomic E-state index is 11.9. The van der Waals surface area contributed by atoms with Crippen LogP contribution in [0, 0.1) is 0 Å². The molecule has 0 bridgehead atoms. The molecule has 0 heterocycles. The maximum atomic E-state index is 11.9. The lowest BCUT2D eigenvalue weighted by Crippen LogP contribution is -2.14. The minimum Gasteiger partial charge on any atom is -0.497 e. The molecule has 2 aromatic carbocycles. The number of hydrogen-bond acceptors (Lipinski definition) is 2. The fourth-order valence-electron chi connectivity index (χ4n) is 1.69. The zero-order valence-electron chi connectivity index (χ0n) is 10.5. The van der Waals surface area contributed by atoms with Crippen LogP contribution in [0.3, 0.4) is 0 Å². The molecule has 2 aromatic rings. The van der Waals surface area contributed by atoms with E-state index in [4.69, 9.17) is 4.74 Å². The monoisotopic (exact) mass is 319 g/mol. The van der Waals surface area contributed by atoms with Crippen LogP contribution in [0.4, 0.5) is 5.69 Å². The molecule has 0 unspecified atom stereocenters. The Hall–Kier alpha value is -1.81. The molecule has 0 aromatic heterocycles. The second-order valence-electron chi connectivity index (χ2n) is 4.04. The van der Waals surface area contributed by atoms with Gasteiger partial charge in [0, 0.05) is 10.2 Å². The molecule has 0 aliphatic heterocycles. The summed E-state index contributed by atoms with van der Waals surface area (Å²) in [6.45, 7) is 0. The smallest absolute Gasteiger partial charge is 0.228 e. The van der Waals surface area contributed by atoms with E-state index in [1.807, 2.05) is 48.5 Å². The second-order valence-corrected chi connectivity index (χ2v) is 4.90. The molecule has 0 atom stereocenters. The highest BCUT2D eigenvalue weighted by Crippen LogP contribution is 2.18. The molecule has 1 N–H and O–H groups in total. The van der Waals surface area contributed by atoms with Crippen LogP contribution < -0.4 is 10.1 Å². The molecule has 0 aliphatic rings. The molecular formula is C15H14BrNO2. The van der Waals surface area contributed by atoms with Gasteiger partial charge in [-0.1, -0.05) is 34.1 Å². The van der Waals surface area contributed by atoms with E-state index in [1.54, 1.807) is 7.11 Å². The van der Waals surface area contributed by atoms with Crippen molar-refractivity contribution in [3.8, 4) is 5.75 Å². The first-order valence-corrected chi connectivity index (χ1v) is 6.65. The third-order valence-corrected chi connectivity index (χ3v) is 3.46. The standard InChI is InChI=1S/C15H14BrNO2/c1-19-13-8-6-12(7-9-13)17-15(18)10-11-4-2-3-5-14(11)16/h2-9H,10H2,1H3,(H,17,18). The van der Waals surface area contributed by atoms with E-state index < -0.39 is 0 Å². The van der Waals surface area contributed by atoms with E-state index in [2.05, 4.69) is 21.2 Å². The number of carbonyl (C=O) groups excluding carboxylic acids is 1. The molecule has 1 amide bonds. The summed E-state index contributed by atoms with van der Waals surface area (Å²) in [6, 6.07) is 15.0. The molecule has 0 fully saturated rings. The number of carbonyl (C=O) groups is 1. The predicted octanol–water partition coefficient (Wildman–Crippen LogP) is 3.64. The Morgan fingerprint density at radius 2 is 1.84 bits per heavy atom. The van der Waals surface area contributed by atoms with Gasteiger partial charge in [-0.05, 0) is 35.9 Å². The average Bonchev–Trinajstić information content (AvgIpc) is 2.42. The van der Waals surface area contributed by atoms with Crippen molar-refractivity contribution in [3.63, 3.8) is 0 Å². The summed E-state index contributed by atoms with van der Waals surface area (Å²) in [5, 5.41) is 2.85. The Labute approximate surface area is 120 Å². The molecule has 2 rings (SSSR count). The summed E-state index contributed by atoms with van der Waals surface area (Å²) in [7, 11) is 1.61. The number of methoxy groups -OCH3 is 1. The molecular weight excluding hydrogens is 306 g/mol. The minimum atomic E-state index is -0.0444. The number of rotatable bonds is 4. The van der Waals surface area contributed by atoms with Gasteiger partial charge in [-0.3, -0.25) is 4.79 Å². The molecule has 98 valence electrons. The number of ether oxygens (including phenoxy) is 1. The lowest BCUT2D eigenvalue weighted by Gasteiger charge is -2.07. The van der Waals surface area contributed by atoms with Gasteiger partial charge in [-0.25, -0.2) is 0 Å². The van der Waals surface area contributed by atoms with Crippen LogP contribution in [-0.4, -0.2) is 13.0 Å². The minimum absolute atomic E-state index is 0.0444. The quantitative estimate of drug-likeness (QED) is 0.934. The summed E-state index contributed by atoms with van der Waals surface area (Å²) >= 11 is 3.43. The molecule has 0 saturated carbocycles. The molecule has 0 aliphatic carbocycles. The normalized spacial score (nSPS) is 10.0. The van der Waals surface area contributed by atoms with Gasteiger partial charge in [0.1, 0.15) is 5.75 Å². The van der Waals surface area contributed by atoms with Crippen molar-refractivity contribution in [2.24, 2.45) is 0 Å². The third-order valence-electron chi connectivity index (χ3n) is 2.68. The molecule has 0 spiro atoms. The first kappa shape index (κ1) is 13.6. The number of benzene rings is 2. The van der Waals surface area contributed by atoms with Gasteiger partial charge in [-0.15, -0.1) is 0 Å². The van der Waals surface area contributed by atoms with Crippen LogP contribution in [0.15, 0.2) is 53.0 Å². The number of halogens is 1. The fraction of sp³-hybridized carbons (Fsp3) is 0.133. The SMILES string of the molecule is COc1ccc(NC(=O)Cc2ccccc2Br)cc1. The lowest BCUT2D eigenvalue weighted by molar-refractivity contribution is -0.115. The third kappa shape index (κ3) is 3.83. The highest BCUT2D eigenvalue weighted by Gasteiger charge is 2.06. The number of amides is 1. The molecule has 3 nitrogen and oxygen atoms in total. The number of hydrogen-bond donors (Lipinski definition) is 1. The van der Waals surface area contributed by atoms with Crippen LogP contribution >= 0.6 is 15.9 Å². The average molecular weight is 320 g/mol. The van der Waals surface area contributed by atoms with Crippen LogP contribution in [0.2, 0.25) is 0 Å². The van der Waals surface area contributed by atoms with Crippen molar-refractivity contribution >= 4 is 27.5 Å². The van der Waals surface area contributed by atoms with Crippen molar-refractivity contribution in [2.75, 3.05) is 12.4 Å². The van der Waals surface area contributed by atoms with Gasteiger partial charge < -0.3 is 10.1 Å². The first-order chi connectivity index (χ1) is 9.19.